The molecular weight excluding hydrogens is 266 g/mol. The Morgan fingerprint density at radius 1 is 1.30 bits per heavy atom. The molecule has 4 heteroatoms. The molecule has 0 aromatic carbocycles. The van der Waals surface area contributed by atoms with E-state index < -0.39 is 0 Å². The normalized spacial score (nSPS) is 18.8. The van der Waals surface area contributed by atoms with Crippen LogP contribution in [0.5, 0.6) is 0 Å². The molecule has 112 valence electrons. The Morgan fingerprint density at radius 3 is 2.60 bits per heavy atom. The van der Waals surface area contributed by atoms with Gasteiger partial charge in [0.15, 0.2) is 5.13 Å². The largest absolute Gasteiger partial charge is 0.346 e. The van der Waals surface area contributed by atoms with E-state index in [0.29, 0.717) is 6.04 Å². The number of thiazole rings is 1. The van der Waals surface area contributed by atoms with Gasteiger partial charge in [-0.1, -0.05) is 6.92 Å². The van der Waals surface area contributed by atoms with E-state index in [2.05, 4.69) is 31.0 Å². The number of hydrogen-bond donors (Lipinski definition) is 1. The van der Waals surface area contributed by atoms with Gasteiger partial charge in [0.1, 0.15) is 0 Å². The molecule has 3 nitrogen and oxygen atoms in total. The molecule has 2 aliphatic carbocycles. The SMILES string of the molecule is CCCN(c1nc(C2CC2)c(CNC2CC2)s1)C(C)C. The van der Waals surface area contributed by atoms with Gasteiger partial charge in [0.25, 0.3) is 0 Å². The van der Waals surface area contributed by atoms with Crippen LogP contribution < -0.4 is 10.2 Å². The first-order valence-electron chi connectivity index (χ1n) is 8.18. The Bertz CT molecular complexity index is 447. The molecule has 0 unspecified atom stereocenters. The Labute approximate surface area is 126 Å². The van der Waals surface area contributed by atoms with E-state index in [0.717, 1.165) is 25.0 Å². The van der Waals surface area contributed by atoms with Crippen LogP contribution in [-0.4, -0.2) is 23.6 Å². The summed E-state index contributed by atoms with van der Waals surface area (Å²) in [4.78, 5) is 8.98. The highest BCUT2D eigenvalue weighted by Crippen LogP contribution is 2.44. The van der Waals surface area contributed by atoms with Gasteiger partial charge in [0, 0.05) is 36.0 Å². The van der Waals surface area contributed by atoms with Crippen molar-refractivity contribution < 1.29 is 0 Å². The summed E-state index contributed by atoms with van der Waals surface area (Å²) in [6, 6.07) is 1.32. The van der Waals surface area contributed by atoms with Gasteiger partial charge >= 0.3 is 0 Å². The van der Waals surface area contributed by atoms with Crippen molar-refractivity contribution in [2.75, 3.05) is 11.4 Å². The van der Waals surface area contributed by atoms with Crippen LogP contribution in [0, 0.1) is 0 Å². The summed E-state index contributed by atoms with van der Waals surface area (Å²) in [6.07, 6.45) is 6.59. The van der Waals surface area contributed by atoms with Crippen molar-refractivity contribution in [3.8, 4) is 0 Å². The molecule has 0 radical (unpaired) electrons. The zero-order chi connectivity index (χ0) is 14.1. The average Bonchev–Trinajstić information content (AvgIpc) is 3.32. The van der Waals surface area contributed by atoms with E-state index in [9.17, 15) is 0 Å². The van der Waals surface area contributed by atoms with Crippen molar-refractivity contribution >= 4 is 16.5 Å². The number of hydrogen-bond acceptors (Lipinski definition) is 4. The Kier molecular flexibility index (Phi) is 4.32. The lowest BCUT2D eigenvalue weighted by molar-refractivity contribution is 0.667. The summed E-state index contributed by atoms with van der Waals surface area (Å²) in [6.45, 7) is 8.95. The predicted molar refractivity (Wildman–Crippen MR) is 86.7 cm³/mol. The van der Waals surface area contributed by atoms with E-state index in [-0.39, 0.29) is 0 Å². The van der Waals surface area contributed by atoms with Crippen molar-refractivity contribution in [3.63, 3.8) is 0 Å². The first kappa shape index (κ1) is 14.3. The highest BCUT2D eigenvalue weighted by atomic mass is 32.1. The molecule has 2 fully saturated rings. The summed E-state index contributed by atoms with van der Waals surface area (Å²) < 4.78 is 0. The van der Waals surface area contributed by atoms with Gasteiger partial charge in [-0.3, -0.25) is 0 Å². The lowest BCUT2D eigenvalue weighted by Crippen LogP contribution is -2.31. The van der Waals surface area contributed by atoms with E-state index in [1.54, 1.807) is 0 Å². The summed E-state index contributed by atoms with van der Waals surface area (Å²) in [5.41, 5.74) is 1.40. The van der Waals surface area contributed by atoms with Crippen LogP contribution in [0.25, 0.3) is 0 Å². The second kappa shape index (κ2) is 6.02. The van der Waals surface area contributed by atoms with Crippen LogP contribution in [-0.2, 0) is 6.54 Å². The molecular formula is C16H27N3S. The maximum Gasteiger partial charge on any atom is 0.186 e. The monoisotopic (exact) mass is 293 g/mol. The van der Waals surface area contributed by atoms with Crippen LogP contribution in [0.2, 0.25) is 0 Å². The maximum absolute atomic E-state index is 5.02. The van der Waals surface area contributed by atoms with Gasteiger partial charge in [0.05, 0.1) is 5.69 Å². The third kappa shape index (κ3) is 3.34. The number of nitrogens with one attached hydrogen (secondary N) is 1. The highest BCUT2D eigenvalue weighted by Gasteiger charge is 2.31. The van der Waals surface area contributed by atoms with E-state index in [4.69, 9.17) is 4.98 Å². The van der Waals surface area contributed by atoms with Gasteiger partial charge in [0.2, 0.25) is 0 Å². The van der Waals surface area contributed by atoms with Crippen molar-refractivity contribution in [2.45, 2.75) is 77.4 Å². The zero-order valence-electron chi connectivity index (χ0n) is 13.0. The average molecular weight is 293 g/mol. The van der Waals surface area contributed by atoms with Gasteiger partial charge in [-0.15, -0.1) is 11.3 Å². The fourth-order valence-electron chi connectivity index (χ4n) is 2.62. The quantitative estimate of drug-likeness (QED) is 0.788. The molecule has 0 amide bonds. The molecule has 0 saturated heterocycles. The fourth-order valence-corrected chi connectivity index (χ4v) is 3.87. The minimum absolute atomic E-state index is 0.539. The molecule has 3 rings (SSSR count). The zero-order valence-corrected chi connectivity index (χ0v) is 13.8. The molecule has 0 bridgehead atoms. The topological polar surface area (TPSA) is 28.2 Å². The number of rotatable bonds is 8. The number of anilines is 1. The van der Waals surface area contributed by atoms with E-state index in [1.165, 1.54) is 47.8 Å². The Balaban J connectivity index is 1.77. The standard InChI is InChI=1S/C16H27N3S/c1-4-9-19(11(2)3)16-18-15(12-5-6-12)14(20-16)10-17-13-7-8-13/h11-13,17H,4-10H2,1-3H3. The first-order valence-corrected chi connectivity index (χ1v) is 9.00. The van der Waals surface area contributed by atoms with Crippen molar-refractivity contribution in [2.24, 2.45) is 0 Å². The molecule has 1 N–H and O–H groups in total. The summed E-state index contributed by atoms with van der Waals surface area (Å²) >= 11 is 1.93. The maximum atomic E-state index is 5.02. The third-order valence-electron chi connectivity index (χ3n) is 4.14. The second-order valence-corrected chi connectivity index (χ2v) is 7.58. The first-order chi connectivity index (χ1) is 9.69. The smallest absolute Gasteiger partial charge is 0.186 e. The van der Waals surface area contributed by atoms with Gasteiger partial charge in [-0.25, -0.2) is 4.98 Å². The summed E-state index contributed by atoms with van der Waals surface area (Å²) in [5.74, 6) is 0.756. The van der Waals surface area contributed by atoms with Crippen LogP contribution >= 0.6 is 11.3 Å². The summed E-state index contributed by atoms with van der Waals surface area (Å²) in [5, 5.41) is 4.91. The number of nitrogens with zero attached hydrogens (tertiary/aromatic N) is 2. The molecule has 0 atom stereocenters. The van der Waals surface area contributed by atoms with Crippen molar-refractivity contribution in [1.29, 1.82) is 0 Å². The predicted octanol–water partition coefficient (Wildman–Crippen LogP) is 3.90. The molecule has 1 aromatic rings. The molecule has 20 heavy (non-hydrogen) atoms. The lowest BCUT2D eigenvalue weighted by Gasteiger charge is -2.25. The van der Waals surface area contributed by atoms with Gasteiger partial charge in [-0.2, -0.15) is 0 Å². The highest BCUT2D eigenvalue weighted by molar-refractivity contribution is 7.15. The van der Waals surface area contributed by atoms with Crippen LogP contribution in [0.3, 0.4) is 0 Å². The van der Waals surface area contributed by atoms with Gasteiger partial charge < -0.3 is 10.2 Å². The molecule has 1 aromatic heterocycles. The third-order valence-corrected chi connectivity index (χ3v) is 5.25. The molecule has 0 spiro atoms. The van der Waals surface area contributed by atoms with Crippen molar-refractivity contribution in [1.82, 2.24) is 10.3 Å². The number of aromatic nitrogens is 1. The van der Waals surface area contributed by atoms with Gasteiger partial charge in [-0.05, 0) is 46.0 Å². The molecule has 2 aliphatic rings. The molecule has 1 heterocycles. The lowest BCUT2D eigenvalue weighted by atomic mass is 10.2. The van der Waals surface area contributed by atoms with E-state index in [1.807, 2.05) is 11.3 Å². The second-order valence-electron chi connectivity index (χ2n) is 6.52. The van der Waals surface area contributed by atoms with Crippen LogP contribution in [0.15, 0.2) is 0 Å². The fraction of sp³-hybridized carbons (Fsp3) is 0.812. The molecule has 0 aliphatic heterocycles. The minimum atomic E-state index is 0.539. The Morgan fingerprint density at radius 2 is 2.05 bits per heavy atom. The Hall–Kier alpha value is -0.610. The summed E-state index contributed by atoms with van der Waals surface area (Å²) in [7, 11) is 0. The van der Waals surface area contributed by atoms with Crippen LogP contribution in [0.4, 0.5) is 5.13 Å². The van der Waals surface area contributed by atoms with Crippen molar-refractivity contribution in [3.05, 3.63) is 10.6 Å². The van der Waals surface area contributed by atoms with E-state index >= 15 is 0 Å². The van der Waals surface area contributed by atoms with Crippen LogP contribution in [0.1, 0.15) is 69.4 Å². The molecule has 2 saturated carbocycles. The minimum Gasteiger partial charge on any atom is -0.346 e.